The maximum atomic E-state index is 11.7. The molecule has 5 rings (SSSR count). The first-order valence-electron chi connectivity index (χ1n) is 19.8. The maximum Gasteiger partial charge on any atom is 0.162 e. The van der Waals surface area contributed by atoms with Gasteiger partial charge in [0.05, 0.1) is 5.76 Å². The van der Waals surface area contributed by atoms with Gasteiger partial charge in [-0.1, -0.05) is 123 Å². The predicted octanol–water partition coefficient (Wildman–Crippen LogP) is 14.7. The SMILES string of the molecule is CCC(CC)C(=O)/C=C(\O)C(CC)CC.CCCCC(CC)c1cccc2c1sc1c(-c3[c-]c4ccccc4c(C(C)(CC)CC)c3)nccc12.[Ir]. The molecule has 283 valence electrons. The van der Waals surface area contributed by atoms with Gasteiger partial charge in [-0.2, -0.15) is 0 Å². The second kappa shape index (κ2) is 20.6. The number of fused-ring (bicyclic) bond motifs is 4. The normalized spacial score (nSPS) is 12.7. The molecule has 1 N–H and O–H groups in total. The first-order valence-corrected chi connectivity index (χ1v) is 20.7. The molecule has 0 aliphatic rings. The molecule has 0 amide bonds. The van der Waals surface area contributed by atoms with E-state index in [0.29, 0.717) is 5.92 Å². The second-order valence-corrected chi connectivity index (χ2v) is 15.5. The molecule has 0 saturated carbocycles. The zero-order valence-corrected chi connectivity index (χ0v) is 36.4. The fourth-order valence-electron chi connectivity index (χ4n) is 7.56. The smallest absolute Gasteiger partial charge is 0.162 e. The van der Waals surface area contributed by atoms with Gasteiger partial charge >= 0.3 is 0 Å². The average Bonchev–Trinajstić information content (AvgIpc) is 3.55. The molecule has 0 saturated heterocycles. The van der Waals surface area contributed by atoms with Gasteiger partial charge in [0, 0.05) is 64.7 Å². The van der Waals surface area contributed by atoms with Crippen molar-refractivity contribution in [3.63, 3.8) is 0 Å². The number of aliphatic hydroxyl groups excluding tert-OH is 1. The predicted molar refractivity (Wildman–Crippen MR) is 223 cm³/mol. The van der Waals surface area contributed by atoms with Gasteiger partial charge in [0.25, 0.3) is 0 Å². The average molecular weight is 897 g/mol. The number of pyridine rings is 1. The summed E-state index contributed by atoms with van der Waals surface area (Å²) in [6, 6.07) is 24.0. The molecule has 0 bridgehead atoms. The van der Waals surface area contributed by atoms with Crippen molar-refractivity contribution >= 4 is 48.1 Å². The standard InChI is InChI=1S/C34H38NS.C13H24O2.Ir/c1-6-10-14-23(7-2)27-17-13-18-28-29-19-20-35-31(33(29)36-32(27)28)25-21-24-15-11-12-16-26(24)30(22-25)34(5,8-3)9-4;1-5-10(6-2)12(14)9-13(15)11(7-3)8-4;/h11-13,15-20,22-23H,6-10,14H2,1-5H3;9-11,14H,5-8H2,1-4H3;/q-1;;/b;12-9-;. The third-order valence-corrected chi connectivity index (χ3v) is 12.9. The zero-order valence-electron chi connectivity index (χ0n) is 33.2. The number of hydrogen-bond acceptors (Lipinski definition) is 4. The van der Waals surface area contributed by atoms with Crippen LogP contribution in [0.15, 0.2) is 72.6 Å². The molecule has 2 aromatic heterocycles. The van der Waals surface area contributed by atoms with E-state index in [1.54, 1.807) is 0 Å². The Labute approximate surface area is 332 Å². The summed E-state index contributed by atoms with van der Waals surface area (Å²) in [4.78, 5) is 16.7. The Morgan fingerprint density at radius 2 is 1.46 bits per heavy atom. The molecule has 1 radical (unpaired) electrons. The van der Waals surface area contributed by atoms with E-state index in [2.05, 4.69) is 95.3 Å². The molecule has 1 atom stereocenters. The van der Waals surface area contributed by atoms with Crippen molar-refractivity contribution in [2.75, 3.05) is 0 Å². The Bertz CT molecular complexity index is 1910. The van der Waals surface area contributed by atoms with Crippen molar-refractivity contribution < 1.29 is 30.0 Å². The molecule has 0 spiro atoms. The third-order valence-electron chi connectivity index (χ3n) is 11.6. The number of allylic oxidation sites excluding steroid dienone is 2. The molecule has 5 aromatic rings. The summed E-state index contributed by atoms with van der Waals surface area (Å²) in [5.74, 6) is 1.16. The van der Waals surface area contributed by atoms with Crippen molar-refractivity contribution in [1.29, 1.82) is 0 Å². The van der Waals surface area contributed by atoms with Gasteiger partial charge in [-0.15, -0.1) is 40.5 Å². The Balaban J connectivity index is 0.000000389. The topological polar surface area (TPSA) is 50.2 Å². The van der Waals surface area contributed by atoms with Gasteiger partial charge in [0.15, 0.2) is 5.78 Å². The number of nitrogens with zero attached hydrogens (tertiary/aromatic N) is 1. The quantitative estimate of drug-likeness (QED) is 0.0610. The van der Waals surface area contributed by atoms with Crippen molar-refractivity contribution in [3.05, 3.63) is 89.8 Å². The minimum Gasteiger partial charge on any atom is -0.512 e. The van der Waals surface area contributed by atoms with Gasteiger partial charge in [-0.3, -0.25) is 9.78 Å². The number of carbonyl (C=O) groups is 1. The van der Waals surface area contributed by atoms with Crippen molar-refractivity contribution in [3.8, 4) is 11.3 Å². The fraction of sp³-hybridized carbons (Fsp3) is 0.489. The first kappa shape index (κ1) is 43.6. The Morgan fingerprint density at radius 3 is 2.08 bits per heavy atom. The number of benzene rings is 3. The summed E-state index contributed by atoms with van der Waals surface area (Å²) in [6.45, 7) is 19.7. The molecule has 3 nitrogen and oxygen atoms in total. The van der Waals surface area contributed by atoms with E-state index in [4.69, 9.17) is 4.98 Å². The fourth-order valence-corrected chi connectivity index (χ4v) is 8.95. The summed E-state index contributed by atoms with van der Waals surface area (Å²) >= 11 is 1.93. The molecular formula is C47H62IrNO2S-. The number of ketones is 1. The molecule has 5 heteroatoms. The number of unbranched alkanes of at least 4 members (excludes halogenated alkanes) is 1. The molecule has 3 aromatic carbocycles. The van der Waals surface area contributed by atoms with Crippen molar-refractivity contribution in [2.45, 2.75) is 138 Å². The van der Waals surface area contributed by atoms with Crippen LogP contribution in [0.5, 0.6) is 0 Å². The Hall–Kier alpha value is -2.85. The molecule has 0 aliphatic heterocycles. The summed E-state index contributed by atoms with van der Waals surface area (Å²) in [5.41, 5.74) is 5.25. The van der Waals surface area contributed by atoms with Gasteiger partial charge in [0.2, 0.25) is 0 Å². The van der Waals surface area contributed by atoms with Crippen molar-refractivity contribution in [2.24, 2.45) is 11.8 Å². The van der Waals surface area contributed by atoms with Crippen LogP contribution < -0.4 is 0 Å². The van der Waals surface area contributed by atoms with Crippen LogP contribution in [0, 0.1) is 17.9 Å². The van der Waals surface area contributed by atoms with E-state index in [0.717, 1.165) is 49.8 Å². The third kappa shape index (κ3) is 9.62. The number of hydrogen-bond donors (Lipinski definition) is 1. The van der Waals surface area contributed by atoms with Crippen LogP contribution in [-0.4, -0.2) is 15.9 Å². The minimum atomic E-state index is 0. The summed E-state index contributed by atoms with van der Waals surface area (Å²) in [6.07, 6.45) is 14.1. The van der Waals surface area contributed by atoms with E-state index in [9.17, 15) is 9.90 Å². The zero-order chi connectivity index (χ0) is 37.1. The number of rotatable bonds is 16. The van der Waals surface area contributed by atoms with E-state index >= 15 is 0 Å². The molecule has 0 aliphatic carbocycles. The molecular weight excluding hydrogens is 835 g/mol. The minimum absolute atomic E-state index is 0. The maximum absolute atomic E-state index is 11.7. The summed E-state index contributed by atoms with van der Waals surface area (Å²) < 4.78 is 2.73. The van der Waals surface area contributed by atoms with Gasteiger partial charge in [-0.05, 0) is 79.7 Å². The van der Waals surface area contributed by atoms with Crippen LogP contribution in [0.2, 0.25) is 0 Å². The second-order valence-electron chi connectivity index (χ2n) is 14.5. The van der Waals surface area contributed by atoms with Crippen LogP contribution in [-0.2, 0) is 30.3 Å². The number of carbonyl (C=O) groups excluding carboxylic acids is 1. The van der Waals surface area contributed by atoms with Gasteiger partial charge in [0.1, 0.15) is 0 Å². The van der Waals surface area contributed by atoms with E-state index in [1.165, 1.54) is 73.8 Å². The first-order chi connectivity index (χ1) is 24.6. The van der Waals surface area contributed by atoms with E-state index in [-0.39, 0.29) is 48.9 Å². The van der Waals surface area contributed by atoms with E-state index in [1.807, 2.05) is 45.2 Å². The van der Waals surface area contributed by atoms with Gasteiger partial charge < -0.3 is 5.11 Å². The monoisotopic (exact) mass is 897 g/mol. The van der Waals surface area contributed by atoms with Crippen LogP contribution in [0.1, 0.15) is 144 Å². The molecule has 52 heavy (non-hydrogen) atoms. The van der Waals surface area contributed by atoms with Crippen LogP contribution in [0.25, 0.3) is 42.2 Å². The van der Waals surface area contributed by atoms with Crippen LogP contribution >= 0.6 is 11.3 Å². The molecule has 1 unspecified atom stereocenters. The summed E-state index contributed by atoms with van der Waals surface area (Å²) in [5, 5.41) is 15.0. The Kier molecular flexibility index (Phi) is 17.2. The van der Waals surface area contributed by atoms with Crippen LogP contribution in [0.4, 0.5) is 0 Å². The Morgan fingerprint density at radius 1 is 0.827 bits per heavy atom. The molecule has 0 fully saturated rings. The molecule has 2 heterocycles. The summed E-state index contributed by atoms with van der Waals surface area (Å²) in [7, 11) is 0. The largest absolute Gasteiger partial charge is 0.512 e. The van der Waals surface area contributed by atoms with Crippen molar-refractivity contribution in [1.82, 2.24) is 4.98 Å². The number of aliphatic hydroxyl groups is 1. The van der Waals surface area contributed by atoms with Crippen LogP contribution in [0.3, 0.4) is 0 Å². The van der Waals surface area contributed by atoms with E-state index < -0.39 is 0 Å². The number of aromatic nitrogens is 1. The van der Waals surface area contributed by atoms with Gasteiger partial charge in [-0.25, -0.2) is 0 Å². The number of thiophene rings is 1.